The summed E-state index contributed by atoms with van der Waals surface area (Å²) in [6.07, 6.45) is 3.25. The molecule has 17 heavy (non-hydrogen) atoms. The third kappa shape index (κ3) is 3.14. The summed E-state index contributed by atoms with van der Waals surface area (Å²) in [5, 5.41) is 7.58. The van der Waals surface area contributed by atoms with Gasteiger partial charge in [0, 0.05) is 17.1 Å². The molecule has 0 aliphatic heterocycles. The lowest BCUT2D eigenvalue weighted by Gasteiger charge is -2.12. The van der Waals surface area contributed by atoms with Crippen LogP contribution in [0, 0.1) is 0 Å². The standard InChI is InChI=1S/C12H15BrN4/c1-9(2)15-6-10-5-11(13)3-4-12(10)17-8-14-7-16-17/h3-5,7-9,15H,6H2,1-2H3. The summed E-state index contributed by atoms with van der Waals surface area (Å²) in [5.41, 5.74) is 2.25. The van der Waals surface area contributed by atoms with Gasteiger partial charge < -0.3 is 5.32 Å². The molecule has 0 saturated heterocycles. The molecule has 0 spiro atoms. The molecule has 0 fully saturated rings. The van der Waals surface area contributed by atoms with Gasteiger partial charge in [-0.1, -0.05) is 29.8 Å². The molecule has 5 heteroatoms. The van der Waals surface area contributed by atoms with Gasteiger partial charge in [0.1, 0.15) is 12.7 Å². The van der Waals surface area contributed by atoms with Crippen LogP contribution >= 0.6 is 15.9 Å². The highest BCUT2D eigenvalue weighted by Gasteiger charge is 2.06. The van der Waals surface area contributed by atoms with Crippen molar-refractivity contribution in [2.75, 3.05) is 0 Å². The summed E-state index contributed by atoms with van der Waals surface area (Å²) in [5.74, 6) is 0. The van der Waals surface area contributed by atoms with Crippen LogP contribution in [0.2, 0.25) is 0 Å². The molecule has 90 valence electrons. The van der Waals surface area contributed by atoms with Gasteiger partial charge in [0.2, 0.25) is 0 Å². The van der Waals surface area contributed by atoms with Crippen LogP contribution in [0.1, 0.15) is 19.4 Å². The second-order valence-electron chi connectivity index (χ2n) is 4.15. The molecule has 2 aromatic rings. The quantitative estimate of drug-likeness (QED) is 0.942. The molecular weight excluding hydrogens is 280 g/mol. The summed E-state index contributed by atoms with van der Waals surface area (Å²) >= 11 is 3.49. The van der Waals surface area contributed by atoms with Crippen LogP contribution in [0.3, 0.4) is 0 Å². The first-order valence-electron chi connectivity index (χ1n) is 5.53. The van der Waals surface area contributed by atoms with E-state index < -0.39 is 0 Å². The number of halogens is 1. The number of benzene rings is 1. The van der Waals surface area contributed by atoms with Crippen molar-refractivity contribution in [2.24, 2.45) is 0 Å². The summed E-state index contributed by atoms with van der Waals surface area (Å²) in [4.78, 5) is 3.98. The summed E-state index contributed by atoms with van der Waals surface area (Å²) in [6.45, 7) is 5.08. The van der Waals surface area contributed by atoms with Crippen LogP contribution in [-0.2, 0) is 6.54 Å². The third-order valence-electron chi connectivity index (χ3n) is 2.41. The minimum absolute atomic E-state index is 0.456. The van der Waals surface area contributed by atoms with E-state index in [0.29, 0.717) is 6.04 Å². The van der Waals surface area contributed by atoms with Crippen LogP contribution in [0.25, 0.3) is 5.69 Å². The van der Waals surface area contributed by atoms with E-state index in [0.717, 1.165) is 16.7 Å². The fourth-order valence-corrected chi connectivity index (χ4v) is 1.97. The maximum atomic E-state index is 4.17. The van der Waals surface area contributed by atoms with Crippen molar-refractivity contribution >= 4 is 15.9 Å². The molecule has 4 nitrogen and oxygen atoms in total. The second-order valence-corrected chi connectivity index (χ2v) is 5.06. The zero-order valence-corrected chi connectivity index (χ0v) is 11.5. The van der Waals surface area contributed by atoms with Gasteiger partial charge in [0.05, 0.1) is 5.69 Å². The van der Waals surface area contributed by atoms with Crippen LogP contribution in [0.4, 0.5) is 0 Å². The van der Waals surface area contributed by atoms with Crippen molar-refractivity contribution < 1.29 is 0 Å². The van der Waals surface area contributed by atoms with E-state index in [-0.39, 0.29) is 0 Å². The van der Waals surface area contributed by atoms with Crippen molar-refractivity contribution in [3.63, 3.8) is 0 Å². The largest absolute Gasteiger partial charge is 0.310 e. The van der Waals surface area contributed by atoms with Gasteiger partial charge >= 0.3 is 0 Å². The van der Waals surface area contributed by atoms with Gasteiger partial charge in [0.25, 0.3) is 0 Å². The molecule has 1 aromatic carbocycles. The molecule has 2 rings (SSSR count). The number of rotatable bonds is 4. The number of hydrogen-bond donors (Lipinski definition) is 1. The first-order valence-corrected chi connectivity index (χ1v) is 6.33. The van der Waals surface area contributed by atoms with Crippen molar-refractivity contribution in [1.82, 2.24) is 20.1 Å². The van der Waals surface area contributed by atoms with Gasteiger partial charge in [-0.15, -0.1) is 0 Å². The van der Waals surface area contributed by atoms with E-state index in [1.54, 1.807) is 17.3 Å². The van der Waals surface area contributed by atoms with Gasteiger partial charge in [-0.3, -0.25) is 0 Å². The highest BCUT2D eigenvalue weighted by molar-refractivity contribution is 9.10. The molecule has 1 aromatic heterocycles. The van der Waals surface area contributed by atoms with E-state index in [2.05, 4.69) is 51.2 Å². The number of hydrogen-bond acceptors (Lipinski definition) is 3. The Balaban J connectivity index is 2.31. The van der Waals surface area contributed by atoms with Crippen LogP contribution < -0.4 is 5.32 Å². The third-order valence-corrected chi connectivity index (χ3v) is 2.90. The van der Waals surface area contributed by atoms with E-state index in [1.807, 2.05) is 12.1 Å². The van der Waals surface area contributed by atoms with Gasteiger partial charge in [-0.2, -0.15) is 5.10 Å². The molecule has 0 atom stereocenters. The van der Waals surface area contributed by atoms with Crippen molar-refractivity contribution in [3.05, 3.63) is 40.9 Å². The van der Waals surface area contributed by atoms with Crippen molar-refractivity contribution in [3.8, 4) is 5.69 Å². The Kier molecular flexibility index (Phi) is 3.91. The number of nitrogens with zero attached hydrogens (tertiary/aromatic N) is 3. The predicted octanol–water partition coefficient (Wildman–Crippen LogP) is 2.53. The molecule has 0 unspecified atom stereocenters. The van der Waals surface area contributed by atoms with Crippen molar-refractivity contribution in [1.29, 1.82) is 0 Å². The van der Waals surface area contributed by atoms with Crippen LogP contribution in [-0.4, -0.2) is 20.8 Å². The van der Waals surface area contributed by atoms with Crippen LogP contribution in [0.5, 0.6) is 0 Å². The Hall–Kier alpha value is -1.20. The predicted molar refractivity (Wildman–Crippen MR) is 71.0 cm³/mol. The Bertz CT molecular complexity index is 479. The molecule has 1 heterocycles. The smallest absolute Gasteiger partial charge is 0.138 e. The minimum atomic E-state index is 0.456. The lowest BCUT2D eigenvalue weighted by atomic mass is 10.1. The maximum absolute atomic E-state index is 4.17. The highest BCUT2D eigenvalue weighted by atomic mass is 79.9. The first kappa shape index (κ1) is 12.3. The van der Waals surface area contributed by atoms with Crippen LogP contribution in [0.15, 0.2) is 35.3 Å². The van der Waals surface area contributed by atoms with E-state index in [4.69, 9.17) is 0 Å². The monoisotopic (exact) mass is 294 g/mol. The lowest BCUT2D eigenvalue weighted by molar-refractivity contribution is 0.586. The average Bonchev–Trinajstić information content (AvgIpc) is 2.80. The fraction of sp³-hybridized carbons (Fsp3) is 0.333. The molecule has 0 radical (unpaired) electrons. The Morgan fingerprint density at radius 2 is 2.24 bits per heavy atom. The minimum Gasteiger partial charge on any atom is -0.310 e. The van der Waals surface area contributed by atoms with E-state index in [1.165, 1.54) is 5.56 Å². The average molecular weight is 295 g/mol. The van der Waals surface area contributed by atoms with E-state index >= 15 is 0 Å². The first-order chi connectivity index (χ1) is 8.16. The maximum Gasteiger partial charge on any atom is 0.138 e. The molecule has 1 N–H and O–H groups in total. The Morgan fingerprint density at radius 1 is 1.41 bits per heavy atom. The van der Waals surface area contributed by atoms with E-state index in [9.17, 15) is 0 Å². The number of aromatic nitrogens is 3. The molecule has 0 bridgehead atoms. The van der Waals surface area contributed by atoms with Crippen molar-refractivity contribution in [2.45, 2.75) is 26.4 Å². The summed E-state index contributed by atoms with van der Waals surface area (Å²) in [6, 6.07) is 6.61. The van der Waals surface area contributed by atoms with Gasteiger partial charge in [-0.05, 0) is 23.8 Å². The second kappa shape index (κ2) is 5.42. The Labute approximate surface area is 109 Å². The Morgan fingerprint density at radius 3 is 2.88 bits per heavy atom. The summed E-state index contributed by atoms with van der Waals surface area (Å²) in [7, 11) is 0. The normalized spacial score (nSPS) is 11.1. The molecule has 0 aliphatic carbocycles. The van der Waals surface area contributed by atoms with Gasteiger partial charge in [0.15, 0.2) is 0 Å². The SMILES string of the molecule is CC(C)NCc1cc(Br)ccc1-n1cncn1. The highest BCUT2D eigenvalue weighted by Crippen LogP contribution is 2.19. The van der Waals surface area contributed by atoms with Gasteiger partial charge in [-0.25, -0.2) is 9.67 Å². The lowest BCUT2D eigenvalue weighted by Crippen LogP contribution is -2.22. The fourth-order valence-electron chi connectivity index (χ4n) is 1.57. The number of nitrogens with one attached hydrogen (secondary N) is 1. The topological polar surface area (TPSA) is 42.7 Å². The molecular formula is C12H15BrN4. The molecule has 0 amide bonds. The summed E-state index contributed by atoms with van der Waals surface area (Å²) < 4.78 is 2.85. The molecule has 0 saturated carbocycles. The molecule has 0 aliphatic rings. The zero-order valence-electron chi connectivity index (χ0n) is 9.89. The zero-order chi connectivity index (χ0) is 12.3.